The largest absolute Gasteiger partial charge is 0.345 e. The van der Waals surface area contributed by atoms with Gasteiger partial charge in [-0.05, 0) is 37.5 Å². The van der Waals surface area contributed by atoms with Crippen molar-refractivity contribution in [1.29, 1.82) is 0 Å². The van der Waals surface area contributed by atoms with Gasteiger partial charge in [-0.2, -0.15) is 0 Å². The number of carbonyl (C=O) groups is 1. The highest BCUT2D eigenvalue weighted by Crippen LogP contribution is 2.48. The van der Waals surface area contributed by atoms with Gasteiger partial charge in [0.25, 0.3) is 0 Å². The SMILES string of the molecule is CC(=O)c1cnc(NC2(c3cccc(Cl)c3)CC2)nc1. The molecule has 0 radical (unpaired) electrons. The van der Waals surface area contributed by atoms with Gasteiger partial charge in [-0.25, -0.2) is 9.97 Å². The third kappa shape index (κ3) is 2.51. The lowest BCUT2D eigenvalue weighted by molar-refractivity contribution is 0.101. The summed E-state index contributed by atoms with van der Waals surface area (Å²) in [4.78, 5) is 19.6. The van der Waals surface area contributed by atoms with Crippen molar-refractivity contribution >= 4 is 23.3 Å². The van der Waals surface area contributed by atoms with E-state index < -0.39 is 0 Å². The number of benzene rings is 1. The number of aromatic nitrogens is 2. The second kappa shape index (κ2) is 4.87. The second-order valence-corrected chi connectivity index (χ2v) is 5.51. The maximum absolute atomic E-state index is 11.2. The normalized spacial score (nSPS) is 15.7. The molecule has 1 aliphatic rings. The van der Waals surface area contributed by atoms with Crippen LogP contribution >= 0.6 is 11.6 Å². The average molecular weight is 288 g/mol. The molecule has 0 aliphatic heterocycles. The van der Waals surface area contributed by atoms with E-state index in [0.717, 1.165) is 23.4 Å². The number of ketones is 1. The molecule has 4 nitrogen and oxygen atoms in total. The minimum absolute atomic E-state index is 0.0347. The Hall–Kier alpha value is -1.94. The Labute approximate surface area is 122 Å². The van der Waals surface area contributed by atoms with Crippen molar-refractivity contribution in [2.75, 3.05) is 5.32 Å². The summed E-state index contributed by atoms with van der Waals surface area (Å²) < 4.78 is 0. The number of nitrogens with one attached hydrogen (secondary N) is 1. The van der Waals surface area contributed by atoms with Gasteiger partial charge in [-0.1, -0.05) is 23.7 Å². The molecule has 0 unspecified atom stereocenters. The third-order valence-electron chi connectivity index (χ3n) is 3.54. The first-order valence-corrected chi connectivity index (χ1v) is 6.84. The van der Waals surface area contributed by atoms with Crippen LogP contribution < -0.4 is 5.32 Å². The van der Waals surface area contributed by atoms with Gasteiger partial charge in [-0.15, -0.1) is 0 Å². The van der Waals surface area contributed by atoms with Gasteiger partial charge in [-0.3, -0.25) is 4.79 Å². The molecule has 2 aromatic rings. The molecule has 0 saturated heterocycles. The Balaban J connectivity index is 1.82. The number of Topliss-reactive ketones (excluding diaryl/α,β-unsaturated/α-hetero) is 1. The number of nitrogens with zero attached hydrogens (tertiary/aromatic N) is 2. The predicted octanol–water partition coefficient (Wildman–Crippen LogP) is 3.43. The first kappa shape index (κ1) is 13.1. The molecular formula is C15H14ClN3O. The van der Waals surface area contributed by atoms with Crippen molar-refractivity contribution in [3.05, 3.63) is 52.8 Å². The van der Waals surface area contributed by atoms with E-state index in [4.69, 9.17) is 11.6 Å². The summed E-state index contributed by atoms with van der Waals surface area (Å²) in [5.74, 6) is 0.500. The Morgan fingerprint density at radius 2 is 2.00 bits per heavy atom. The number of carbonyl (C=O) groups excluding carboxylic acids is 1. The molecule has 1 heterocycles. The van der Waals surface area contributed by atoms with Gasteiger partial charge >= 0.3 is 0 Å². The molecule has 1 saturated carbocycles. The predicted molar refractivity (Wildman–Crippen MR) is 78.0 cm³/mol. The summed E-state index contributed by atoms with van der Waals surface area (Å²) >= 11 is 6.04. The molecule has 0 spiro atoms. The molecule has 1 aliphatic carbocycles. The van der Waals surface area contributed by atoms with Gasteiger partial charge in [0.15, 0.2) is 5.78 Å². The molecule has 102 valence electrons. The van der Waals surface area contributed by atoms with Crippen LogP contribution in [0.1, 0.15) is 35.7 Å². The highest BCUT2D eigenvalue weighted by Gasteiger charge is 2.45. The van der Waals surface area contributed by atoms with Crippen LogP contribution in [0.3, 0.4) is 0 Å². The Kier molecular flexibility index (Phi) is 3.18. The molecule has 0 bridgehead atoms. The maximum atomic E-state index is 11.2. The topological polar surface area (TPSA) is 54.9 Å². The van der Waals surface area contributed by atoms with E-state index in [-0.39, 0.29) is 11.3 Å². The fraction of sp³-hybridized carbons (Fsp3) is 0.267. The van der Waals surface area contributed by atoms with Gasteiger partial charge < -0.3 is 5.32 Å². The van der Waals surface area contributed by atoms with E-state index in [1.165, 1.54) is 6.92 Å². The molecular weight excluding hydrogens is 274 g/mol. The fourth-order valence-corrected chi connectivity index (χ4v) is 2.38. The molecule has 3 rings (SSSR count). The lowest BCUT2D eigenvalue weighted by atomic mass is 10.1. The van der Waals surface area contributed by atoms with Gasteiger partial charge in [0.2, 0.25) is 5.95 Å². The van der Waals surface area contributed by atoms with Crippen LogP contribution in [0.15, 0.2) is 36.7 Å². The molecule has 1 aromatic heterocycles. The fourth-order valence-electron chi connectivity index (χ4n) is 2.19. The minimum Gasteiger partial charge on any atom is -0.345 e. The highest BCUT2D eigenvalue weighted by molar-refractivity contribution is 6.30. The first-order valence-electron chi connectivity index (χ1n) is 6.46. The van der Waals surface area contributed by atoms with Crippen molar-refractivity contribution in [3.8, 4) is 0 Å². The Bertz CT molecular complexity index is 650. The van der Waals surface area contributed by atoms with Crippen LogP contribution in [-0.2, 0) is 5.54 Å². The summed E-state index contributed by atoms with van der Waals surface area (Å²) in [6, 6.07) is 7.82. The molecule has 20 heavy (non-hydrogen) atoms. The molecule has 0 atom stereocenters. The smallest absolute Gasteiger partial charge is 0.223 e. The lowest BCUT2D eigenvalue weighted by Gasteiger charge is -2.18. The van der Waals surface area contributed by atoms with Gasteiger partial charge in [0.05, 0.1) is 11.1 Å². The number of hydrogen-bond acceptors (Lipinski definition) is 4. The van der Waals surface area contributed by atoms with Crippen molar-refractivity contribution in [1.82, 2.24) is 9.97 Å². The third-order valence-corrected chi connectivity index (χ3v) is 3.77. The minimum atomic E-state index is -0.122. The zero-order valence-electron chi connectivity index (χ0n) is 11.1. The lowest BCUT2D eigenvalue weighted by Crippen LogP contribution is -2.20. The Morgan fingerprint density at radius 1 is 1.30 bits per heavy atom. The summed E-state index contributed by atoms with van der Waals surface area (Å²) in [5.41, 5.74) is 1.54. The van der Waals surface area contributed by atoms with Crippen LogP contribution in [0.5, 0.6) is 0 Å². The summed E-state index contributed by atoms with van der Waals surface area (Å²) in [5, 5.41) is 4.07. The van der Waals surface area contributed by atoms with Crippen LogP contribution in [0.4, 0.5) is 5.95 Å². The van der Waals surface area contributed by atoms with E-state index in [1.54, 1.807) is 12.4 Å². The van der Waals surface area contributed by atoms with E-state index in [1.807, 2.05) is 18.2 Å². The van der Waals surface area contributed by atoms with Crippen LogP contribution in [0, 0.1) is 0 Å². The number of rotatable bonds is 4. The van der Waals surface area contributed by atoms with E-state index in [9.17, 15) is 4.79 Å². The van der Waals surface area contributed by atoms with Gasteiger partial charge in [0.1, 0.15) is 0 Å². The van der Waals surface area contributed by atoms with Crippen molar-refractivity contribution in [2.45, 2.75) is 25.3 Å². The zero-order valence-corrected chi connectivity index (χ0v) is 11.8. The molecule has 1 fully saturated rings. The highest BCUT2D eigenvalue weighted by atomic mass is 35.5. The molecule has 1 aromatic carbocycles. The number of halogens is 1. The zero-order chi connectivity index (χ0) is 14.2. The Morgan fingerprint density at radius 3 is 2.55 bits per heavy atom. The summed E-state index contributed by atoms with van der Waals surface area (Å²) in [7, 11) is 0. The maximum Gasteiger partial charge on any atom is 0.223 e. The van der Waals surface area contributed by atoms with E-state index in [2.05, 4.69) is 21.4 Å². The first-order chi connectivity index (χ1) is 9.59. The summed E-state index contributed by atoms with van der Waals surface area (Å²) in [6.07, 6.45) is 5.13. The van der Waals surface area contributed by atoms with Crippen molar-refractivity contribution in [3.63, 3.8) is 0 Å². The van der Waals surface area contributed by atoms with Crippen LogP contribution in [0.2, 0.25) is 5.02 Å². The molecule has 0 amide bonds. The van der Waals surface area contributed by atoms with Crippen LogP contribution in [-0.4, -0.2) is 15.8 Å². The number of anilines is 1. The molecule has 5 heteroatoms. The standard InChI is InChI=1S/C15H14ClN3O/c1-10(20)11-8-17-14(18-9-11)19-15(5-6-15)12-3-2-4-13(16)7-12/h2-4,7-9H,5-6H2,1H3,(H,17,18,19). The quantitative estimate of drug-likeness (QED) is 0.875. The molecule has 1 N–H and O–H groups in total. The monoisotopic (exact) mass is 287 g/mol. The van der Waals surface area contributed by atoms with E-state index in [0.29, 0.717) is 11.5 Å². The average Bonchev–Trinajstić information content (AvgIpc) is 3.20. The van der Waals surface area contributed by atoms with Gasteiger partial charge in [0, 0.05) is 17.4 Å². The van der Waals surface area contributed by atoms with Crippen LogP contribution in [0.25, 0.3) is 0 Å². The van der Waals surface area contributed by atoms with E-state index >= 15 is 0 Å². The van der Waals surface area contributed by atoms with Crippen molar-refractivity contribution in [2.24, 2.45) is 0 Å². The summed E-state index contributed by atoms with van der Waals surface area (Å²) in [6.45, 7) is 1.50. The number of hydrogen-bond donors (Lipinski definition) is 1. The van der Waals surface area contributed by atoms with Crippen molar-refractivity contribution < 1.29 is 4.79 Å². The second-order valence-electron chi connectivity index (χ2n) is 5.07.